The lowest BCUT2D eigenvalue weighted by Crippen LogP contribution is -2.40. The van der Waals surface area contributed by atoms with Crippen LogP contribution in [0.3, 0.4) is 0 Å². The summed E-state index contributed by atoms with van der Waals surface area (Å²) in [4.78, 5) is 13.4. The molecule has 210 valence electrons. The number of nitrogens with one attached hydrogen (secondary N) is 2. The number of nitrogens with zero attached hydrogens (tertiary/aromatic N) is 1. The van der Waals surface area contributed by atoms with Crippen LogP contribution in [0.15, 0.2) is 108 Å². The molecular formula is C30H25F2N3O5S. The quantitative estimate of drug-likeness (QED) is 0.251. The van der Waals surface area contributed by atoms with Gasteiger partial charge in [0.1, 0.15) is 17.2 Å². The standard InChI is InChI=1S/C30H25F2N3O5S/c1-41(37,38)26-17-15-24(16-18-26)39-23-13-9-22(10-14-23)33-30(36)35-19-27(20-5-3-2-4-6-20)28(34-35)21-7-11-25(12-8-21)40-29(31)32/h2-18,29,34H,19H2,1H3,(H,33,36). The van der Waals surface area contributed by atoms with Gasteiger partial charge in [-0.3, -0.25) is 5.43 Å². The molecule has 8 nitrogen and oxygen atoms in total. The van der Waals surface area contributed by atoms with Crippen LogP contribution in [0, 0.1) is 0 Å². The molecule has 41 heavy (non-hydrogen) atoms. The largest absolute Gasteiger partial charge is 0.457 e. The minimum atomic E-state index is -3.30. The predicted octanol–water partition coefficient (Wildman–Crippen LogP) is 6.40. The van der Waals surface area contributed by atoms with E-state index in [1.807, 2.05) is 30.3 Å². The third kappa shape index (κ3) is 6.82. The van der Waals surface area contributed by atoms with Gasteiger partial charge in [0.25, 0.3) is 0 Å². The first-order valence-corrected chi connectivity index (χ1v) is 14.3. The molecule has 0 radical (unpaired) electrons. The van der Waals surface area contributed by atoms with E-state index in [4.69, 9.17) is 4.74 Å². The second-order valence-corrected chi connectivity index (χ2v) is 11.1. The molecule has 1 heterocycles. The minimum absolute atomic E-state index is 0.0385. The second kappa shape index (κ2) is 11.7. The highest BCUT2D eigenvalue weighted by atomic mass is 32.2. The summed E-state index contributed by atoms with van der Waals surface area (Å²) in [6, 6.07) is 28.1. The number of alkyl halides is 2. The summed E-state index contributed by atoms with van der Waals surface area (Å²) < 4.78 is 58.6. The Morgan fingerprint density at radius 2 is 1.41 bits per heavy atom. The van der Waals surface area contributed by atoms with Crippen molar-refractivity contribution >= 4 is 32.8 Å². The Morgan fingerprint density at radius 1 is 0.829 bits per heavy atom. The van der Waals surface area contributed by atoms with E-state index in [9.17, 15) is 22.0 Å². The van der Waals surface area contributed by atoms with Gasteiger partial charge in [-0.1, -0.05) is 30.3 Å². The zero-order valence-electron chi connectivity index (χ0n) is 21.8. The van der Waals surface area contributed by atoms with Crippen LogP contribution in [-0.4, -0.2) is 38.9 Å². The fourth-order valence-corrected chi connectivity index (χ4v) is 4.84. The first-order valence-electron chi connectivity index (χ1n) is 12.4. The molecule has 4 aromatic rings. The number of hydrogen-bond acceptors (Lipinski definition) is 6. The lowest BCUT2D eigenvalue weighted by molar-refractivity contribution is -0.0498. The topological polar surface area (TPSA) is 97.0 Å². The normalized spacial score (nSPS) is 13.2. The van der Waals surface area contributed by atoms with Crippen LogP contribution >= 0.6 is 0 Å². The van der Waals surface area contributed by atoms with Crippen molar-refractivity contribution in [1.82, 2.24) is 10.4 Å². The zero-order chi connectivity index (χ0) is 29.0. The Bertz CT molecular complexity index is 1660. The number of hydrazine groups is 1. The van der Waals surface area contributed by atoms with Crippen molar-refractivity contribution in [2.45, 2.75) is 11.5 Å². The Morgan fingerprint density at radius 3 is 2.00 bits per heavy atom. The van der Waals surface area contributed by atoms with E-state index in [1.54, 1.807) is 48.5 Å². The lowest BCUT2D eigenvalue weighted by Gasteiger charge is -2.19. The van der Waals surface area contributed by atoms with Crippen LogP contribution in [0.4, 0.5) is 19.3 Å². The number of carbonyl (C=O) groups excluding carboxylic acids is 1. The molecule has 0 spiro atoms. The number of ether oxygens (including phenoxy) is 2. The zero-order valence-corrected chi connectivity index (χ0v) is 22.6. The maximum Gasteiger partial charge on any atom is 0.387 e. The molecule has 2 N–H and O–H groups in total. The summed E-state index contributed by atoms with van der Waals surface area (Å²) >= 11 is 0. The van der Waals surface area contributed by atoms with E-state index < -0.39 is 22.5 Å². The summed E-state index contributed by atoms with van der Waals surface area (Å²) in [6.07, 6.45) is 1.14. The summed E-state index contributed by atoms with van der Waals surface area (Å²) in [5, 5.41) is 4.27. The maximum atomic E-state index is 13.2. The number of hydrogen-bond donors (Lipinski definition) is 2. The first kappa shape index (κ1) is 27.7. The van der Waals surface area contributed by atoms with Crippen molar-refractivity contribution < 1.29 is 31.5 Å². The van der Waals surface area contributed by atoms with Crippen LogP contribution in [0.25, 0.3) is 11.3 Å². The molecule has 2 amide bonds. The molecule has 0 aromatic heterocycles. The van der Waals surface area contributed by atoms with Gasteiger partial charge in [-0.2, -0.15) is 8.78 Å². The highest BCUT2D eigenvalue weighted by molar-refractivity contribution is 7.90. The van der Waals surface area contributed by atoms with Crippen molar-refractivity contribution in [2.24, 2.45) is 0 Å². The molecular weight excluding hydrogens is 552 g/mol. The van der Waals surface area contributed by atoms with Crippen LogP contribution in [0.1, 0.15) is 11.1 Å². The molecule has 0 aliphatic carbocycles. The third-order valence-corrected chi connectivity index (χ3v) is 7.32. The molecule has 0 bridgehead atoms. The Kier molecular flexibility index (Phi) is 7.88. The Balaban J connectivity index is 1.27. The van der Waals surface area contributed by atoms with Gasteiger partial charge in [-0.05, 0) is 78.4 Å². The fraction of sp³-hybridized carbons (Fsp3) is 0.100. The van der Waals surface area contributed by atoms with Crippen molar-refractivity contribution in [2.75, 3.05) is 18.1 Å². The van der Waals surface area contributed by atoms with Crippen molar-refractivity contribution in [3.63, 3.8) is 0 Å². The lowest BCUT2D eigenvalue weighted by atomic mass is 10.0. The smallest absolute Gasteiger partial charge is 0.387 e. The van der Waals surface area contributed by atoms with E-state index in [0.29, 0.717) is 28.4 Å². The van der Waals surface area contributed by atoms with Gasteiger partial charge in [0.15, 0.2) is 9.84 Å². The van der Waals surface area contributed by atoms with E-state index in [-0.39, 0.29) is 17.2 Å². The average molecular weight is 578 g/mol. The van der Waals surface area contributed by atoms with E-state index >= 15 is 0 Å². The van der Waals surface area contributed by atoms with Crippen LogP contribution in [0.2, 0.25) is 0 Å². The van der Waals surface area contributed by atoms with E-state index in [1.165, 1.54) is 29.3 Å². The number of urea groups is 1. The molecule has 0 fully saturated rings. The van der Waals surface area contributed by atoms with Crippen molar-refractivity contribution in [1.29, 1.82) is 0 Å². The predicted molar refractivity (Wildman–Crippen MR) is 151 cm³/mol. The number of amides is 2. The molecule has 0 saturated carbocycles. The summed E-state index contributed by atoms with van der Waals surface area (Å²) in [6.45, 7) is -2.66. The van der Waals surface area contributed by atoms with Crippen LogP contribution in [-0.2, 0) is 9.84 Å². The molecule has 1 aliphatic heterocycles. The summed E-state index contributed by atoms with van der Waals surface area (Å²) in [7, 11) is -3.30. The van der Waals surface area contributed by atoms with Crippen LogP contribution in [0.5, 0.6) is 17.2 Å². The number of benzene rings is 4. The van der Waals surface area contributed by atoms with Gasteiger partial charge >= 0.3 is 12.6 Å². The van der Waals surface area contributed by atoms with E-state index in [2.05, 4.69) is 15.5 Å². The maximum absolute atomic E-state index is 13.2. The highest BCUT2D eigenvalue weighted by Crippen LogP contribution is 2.32. The van der Waals surface area contributed by atoms with Gasteiger partial charge in [0, 0.05) is 23.1 Å². The van der Waals surface area contributed by atoms with Gasteiger partial charge in [-0.15, -0.1) is 0 Å². The minimum Gasteiger partial charge on any atom is -0.457 e. The third-order valence-electron chi connectivity index (χ3n) is 6.19. The molecule has 1 aliphatic rings. The number of anilines is 1. The molecule has 11 heteroatoms. The van der Waals surface area contributed by atoms with Crippen molar-refractivity contribution in [3.8, 4) is 17.2 Å². The Labute approximate surface area is 235 Å². The fourth-order valence-electron chi connectivity index (χ4n) is 4.21. The molecule has 4 aromatic carbocycles. The van der Waals surface area contributed by atoms with Crippen molar-refractivity contribution in [3.05, 3.63) is 114 Å². The van der Waals surface area contributed by atoms with Gasteiger partial charge in [0.05, 0.1) is 17.1 Å². The van der Waals surface area contributed by atoms with E-state index in [0.717, 1.165) is 17.4 Å². The van der Waals surface area contributed by atoms with Gasteiger partial charge in [0.2, 0.25) is 0 Å². The molecule has 0 unspecified atom stereocenters. The monoisotopic (exact) mass is 577 g/mol. The number of halogens is 2. The Hall–Kier alpha value is -4.90. The van der Waals surface area contributed by atoms with Gasteiger partial charge in [-0.25, -0.2) is 18.2 Å². The first-order chi connectivity index (χ1) is 19.7. The molecule has 5 rings (SSSR count). The molecule has 0 saturated heterocycles. The van der Waals surface area contributed by atoms with Gasteiger partial charge < -0.3 is 14.8 Å². The number of rotatable bonds is 8. The number of sulfone groups is 1. The highest BCUT2D eigenvalue weighted by Gasteiger charge is 2.27. The second-order valence-electron chi connectivity index (χ2n) is 9.12. The molecule has 0 atom stereocenters. The SMILES string of the molecule is CS(=O)(=O)c1ccc(Oc2ccc(NC(=O)N3CC(c4ccccc4)=C(c4ccc(OC(F)F)cc4)N3)cc2)cc1. The summed E-state index contributed by atoms with van der Waals surface area (Å²) in [5.41, 5.74) is 6.80. The summed E-state index contributed by atoms with van der Waals surface area (Å²) in [5.74, 6) is 1.01. The average Bonchev–Trinajstić information content (AvgIpc) is 3.40. The van der Waals surface area contributed by atoms with Crippen LogP contribution < -0.4 is 20.2 Å². The number of carbonyl (C=O) groups is 1.